The van der Waals surface area contributed by atoms with Gasteiger partial charge in [0, 0.05) is 18.2 Å². The van der Waals surface area contributed by atoms with E-state index >= 15 is 0 Å². The predicted molar refractivity (Wildman–Crippen MR) is 161 cm³/mol. The summed E-state index contributed by atoms with van der Waals surface area (Å²) in [5.41, 5.74) is 4.77. The Morgan fingerprint density at radius 3 is 2.29 bits per heavy atom. The first kappa shape index (κ1) is 27.6. The predicted octanol–water partition coefficient (Wildman–Crippen LogP) is 6.13. The summed E-state index contributed by atoms with van der Waals surface area (Å²) >= 11 is 12.7. The van der Waals surface area contributed by atoms with Crippen LogP contribution in [0.2, 0.25) is 10.0 Å². The largest absolute Gasteiger partial charge is 0.353 e. The number of para-hydroxylation sites is 5. The smallest absolute Gasteiger partial charge is 0.292 e. The maximum absolute atomic E-state index is 13.5. The van der Waals surface area contributed by atoms with Crippen LogP contribution < -0.4 is 21.6 Å². The van der Waals surface area contributed by atoms with Gasteiger partial charge in [-0.2, -0.15) is 0 Å². The molecule has 0 saturated carbocycles. The maximum Gasteiger partial charge on any atom is 0.292 e. The second-order valence-corrected chi connectivity index (χ2v) is 9.71. The highest BCUT2D eigenvalue weighted by molar-refractivity contribution is 6.39. The highest BCUT2D eigenvalue weighted by atomic mass is 35.5. The Hall–Kier alpha value is -4.93. The molecule has 4 aromatic carbocycles. The Kier molecular flexibility index (Phi) is 8.14. The third-order valence-corrected chi connectivity index (χ3v) is 6.84. The average Bonchev–Trinajstić information content (AvgIpc) is 2.96. The monoisotopic (exact) mass is 588 g/mol. The molecule has 206 valence electrons. The van der Waals surface area contributed by atoms with Gasteiger partial charge in [-0.15, -0.1) is 0 Å². The summed E-state index contributed by atoms with van der Waals surface area (Å²) in [6.45, 7) is -0.353. The van der Waals surface area contributed by atoms with Crippen LogP contribution in [-0.4, -0.2) is 27.0 Å². The highest BCUT2D eigenvalue weighted by Gasteiger charge is 2.17. The van der Waals surface area contributed by atoms with Crippen molar-refractivity contribution in [1.29, 1.82) is 0 Å². The zero-order valence-electron chi connectivity index (χ0n) is 21.3. The number of fused-ring (bicyclic) bond motifs is 1. The Balaban J connectivity index is 1.46. The van der Waals surface area contributed by atoms with E-state index in [0.29, 0.717) is 38.1 Å². The van der Waals surface area contributed by atoms with Gasteiger partial charge in [-0.1, -0.05) is 71.7 Å². The van der Waals surface area contributed by atoms with E-state index in [9.17, 15) is 19.7 Å². The first-order chi connectivity index (χ1) is 19.8. The van der Waals surface area contributed by atoms with E-state index in [1.807, 2.05) is 24.3 Å². The zero-order valence-corrected chi connectivity index (χ0v) is 22.8. The van der Waals surface area contributed by atoms with Crippen molar-refractivity contribution in [2.24, 2.45) is 0 Å². The lowest BCUT2D eigenvalue weighted by molar-refractivity contribution is -0.383. The standard InChI is InChI=1S/C29H22Cl2N6O4/c30-20-10-7-11-21(31)28(20)35-22-12-3-1-8-18(22)16-26-33-23-13-4-2-9-19(23)29(39)36(26)32-17-27(38)34-24-14-5-6-15-25(24)37(40)41/h1-15,32,35H,16-17H2,(H,34,38). The van der Waals surface area contributed by atoms with Gasteiger partial charge in [0.2, 0.25) is 5.91 Å². The fourth-order valence-corrected chi connectivity index (χ4v) is 4.75. The van der Waals surface area contributed by atoms with Crippen molar-refractivity contribution in [2.45, 2.75) is 6.42 Å². The maximum atomic E-state index is 13.5. The number of hydrogen-bond donors (Lipinski definition) is 3. The van der Waals surface area contributed by atoms with Gasteiger partial charge in [0.1, 0.15) is 18.1 Å². The lowest BCUT2D eigenvalue weighted by Crippen LogP contribution is -2.37. The number of aromatic nitrogens is 2. The van der Waals surface area contributed by atoms with Gasteiger partial charge >= 0.3 is 0 Å². The van der Waals surface area contributed by atoms with E-state index in [-0.39, 0.29) is 24.3 Å². The van der Waals surface area contributed by atoms with Gasteiger partial charge in [-0.05, 0) is 42.0 Å². The second kappa shape index (κ2) is 12.1. The summed E-state index contributed by atoms with van der Waals surface area (Å²) in [6.07, 6.45) is 0.199. The van der Waals surface area contributed by atoms with Crippen molar-refractivity contribution in [2.75, 3.05) is 22.6 Å². The first-order valence-corrected chi connectivity index (χ1v) is 13.1. The lowest BCUT2D eigenvalue weighted by atomic mass is 10.1. The topological polar surface area (TPSA) is 131 Å². The van der Waals surface area contributed by atoms with Crippen molar-refractivity contribution in [3.8, 4) is 0 Å². The highest BCUT2D eigenvalue weighted by Crippen LogP contribution is 2.34. The number of rotatable bonds is 9. The molecule has 0 spiro atoms. The molecule has 0 saturated heterocycles. The number of benzene rings is 4. The van der Waals surface area contributed by atoms with E-state index in [0.717, 1.165) is 5.56 Å². The number of nitrogens with one attached hydrogen (secondary N) is 3. The molecule has 0 aliphatic heterocycles. The SMILES string of the molecule is O=C(CNn1c(Cc2ccccc2Nc2c(Cl)cccc2Cl)nc2ccccc2c1=O)Nc1ccccc1[N+](=O)[O-]. The van der Waals surface area contributed by atoms with Gasteiger partial charge in [0.05, 0.1) is 31.6 Å². The minimum Gasteiger partial charge on any atom is -0.353 e. The van der Waals surface area contributed by atoms with Gasteiger partial charge < -0.3 is 16.1 Å². The van der Waals surface area contributed by atoms with Crippen LogP contribution in [0.3, 0.4) is 0 Å². The van der Waals surface area contributed by atoms with E-state index in [1.165, 1.54) is 22.9 Å². The van der Waals surface area contributed by atoms with Gasteiger partial charge in [-0.25, -0.2) is 9.66 Å². The molecule has 1 heterocycles. The van der Waals surface area contributed by atoms with Crippen molar-refractivity contribution in [3.05, 3.63) is 133 Å². The molecule has 12 heteroatoms. The zero-order chi connectivity index (χ0) is 28.9. The molecule has 3 N–H and O–H groups in total. The number of nitro benzene ring substituents is 1. The minimum atomic E-state index is -0.583. The minimum absolute atomic E-state index is 0.0479. The van der Waals surface area contributed by atoms with Crippen LogP contribution in [0.4, 0.5) is 22.7 Å². The number of amides is 1. The Bertz CT molecular complexity index is 1820. The summed E-state index contributed by atoms with van der Waals surface area (Å²) < 4.78 is 1.22. The molecule has 0 atom stereocenters. The fourth-order valence-electron chi connectivity index (χ4n) is 4.26. The van der Waals surface area contributed by atoms with Crippen LogP contribution in [0.25, 0.3) is 10.9 Å². The molecule has 5 rings (SSSR count). The van der Waals surface area contributed by atoms with E-state index in [2.05, 4.69) is 16.1 Å². The normalized spacial score (nSPS) is 10.8. The van der Waals surface area contributed by atoms with Gasteiger partial charge in [0.15, 0.2) is 0 Å². The van der Waals surface area contributed by atoms with Crippen molar-refractivity contribution < 1.29 is 9.72 Å². The molecule has 0 bridgehead atoms. The molecule has 0 fully saturated rings. The summed E-state index contributed by atoms with van der Waals surface area (Å²) in [6, 6.07) is 25.3. The number of nitro groups is 1. The third kappa shape index (κ3) is 6.13. The lowest BCUT2D eigenvalue weighted by Gasteiger charge is -2.18. The van der Waals surface area contributed by atoms with Crippen LogP contribution in [0.5, 0.6) is 0 Å². The molecule has 0 radical (unpaired) electrons. The molecule has 10 nitrogen and oxygen atoms in total. The molecule has 5 aromatic rings. The number of nitrogens with zero attached hydrogens (tertiary/aromatic N) is 3. The summed E-state index contributed by atoms with van der Waals surface area (Å²) in [7, 11) is 0. The quantitative estimate of drug-likeness (QED) is 0.139. The Morgan fingerprint density at radius 1 is 0.878 bits per heavy atom. The van der Waals surface area contributed by atoms with Crippen LogP contribution in [0.1, 0.15) is 11.4 Å². The van der Waals surface area contributed by atoms with Crippen LogP contribution in [-0.2, 0) is 11.2 Å². The van der Waals surface area contributed by atoms with E-state index in [4.69, 9.17) is 28.2 Å². The Labute approximate surface area is 243 Å². The molecular formula is C29H22Cl2N6O4. The summed E-state index contributed by atoms with van der Waals surface area (Å²) in [5.74, 6) is -0.243. The molecule has 0 aliphatic rings. The number of halogens is 2. The number of carbonyl (C=O) groups is 1. The van der Waals surface area contributed by atoms with E-state index in [1.54, 1.807) is 48.5 Å². The molecule has 41 heavy (non-hydrogen) atoms. The fraction of sp³-hybridized carbons (Fsp3) is 0.0690. The summed E-state index contributed by atoms with van der Waals surface area (Å²) in [4.78, 5) is 41.7. The van der Waals surface area contributed by atoms with E-state index < -0.39 is 16.4 Å². The van der Waals surface area contributed by atoms with Crippen molar-refractivity contribution in [3.63, 3.8) is 0 Å². The molecule has 1 amide bonds. The number of carbonyl (C=O) groups excluding carboxylic acids is 1. The van der Waals surface area contributed by atoms with Crippen molar-refractivity contribution >= 4 is 62.8 Å². The number of hydrogen-bond acceptors (Lipinski definition) is 7. The van der Waals surface area contributed by atoms with Crippen LogP contribution >= 0.6 is 23.2 Å². The van der Waals surface area contributed by atoms with Gasteiger partial charge in [0.25, 0.3) is 11.2 Å². The molecule has 1 aromatic heterocycles. The van der Waals surface area contributed by atoms with Crippen LogP contribution in [0.15, 0.2) is 95.8 Å². The average molecular weight is 589 g/mol. The van der Waals surface area contributed by atoms with Crippen LogP contribution in [0, 0.1) is 10.1 Å². The molecule has 0 aliphatic carbocycles. The molecular weight excluding hydrogens is 567 g/mol. The molecule has 0 unspecified atom stereocenters. The second-order valence-electron chi connectivity index (χ2n) is 8.90. The third-order valence-electron chi connectivity index (χ3n) is 6.21. The van der Waals surface area contributed by atoms with Crippen molar-refractivity contribution in [1.82, 2.24) is 9.66 Å². The summed E-state index contributed by atoms with van der Waals surface area (Å²) in [5, 5.41) is 18.4. The number of anilines is 3. The first-order valence-electron chi connectivity index (χ1n) is 12.4. The van der Waals surface area contributed by atoms with Gasteiger partial charge in [-0.3, -0.25) is 19.7 Å². The Morgan fingerprint density at radius 2 is 1.54 bits per heavy atom.